The number of sulfonamides is 1. The number of amides is 2. The van der Waals surface area contributed by atoms with E-state index >= 15 is 0 Å². The summed E-state index contributed by atoms with van der Waals surface area (Å²) in [4.78, 5) is 26.2. The summed E-state index contributed by atoms with van der Waals surface area (Å²) in [5.74, 6) is -0.119. The van der Waals surface area contributed by atoms with Crippen LogP contribution in [0.2, 0.25) is 0 Å². The van der Waals surface area contributed by atoms with E-state index in [1.165, 1.54) is 4.31 Å². The van der Waals surface area contributed by atoms with Crippen LogP contribution < -0.4 is 5.32 Å². The Kier molecular flexibility index (Phi) is 7.75. The summed E-state index contributed by atoms with van der Waals surface area (Å²) in [5.41, 5.74) is 2.85. The second kappa shape index (κ2) is 9.56. The highest BCUT2D eigenvalue weighted by molar-refractivity contribution is 7.89. The smallest absolute Gasteiger partial charge is 0.407 e. The lowest BCUT2D eigenvalue weighted by atomic mass is 10.0. The maximum atomic E-state index is 13.3. The Balaban J connectivity index is 1.95. The van der Waals surface area contributed by atoms with Gasteiger partial charge in [-0.2, -0.15) is 4.31 Å². The zero-order valence-electron chi connectivity index (χ0n) is 19.7. The third-order valence-corrected chi connectivity index (χ3v) is 7.67. The number of piperazine rings is 1. The van der Waals surface area contributed by atoms with Gasteiger partial charge in [0, 0.05) is 39.1 Å². The van der Waals surface area contributed by atoms with Crippen molar-refractivity contribution in [3.8, 4) is 0 Å². The third kappa shape index (κ3) is 6.20. The monoisotopic (exact) mass is 453 g/mol. The predicted molar refractivity (Wildman–Crippen MR) is 120 cm³/mol. The van der Waals surface area contributed by atoms with Gasteiger partial charge >= 0.3 is 6.09 Å². The van der Waals surface area contributed by atoms with Crippen LogP contribution in [0.25, 0.3) is 0 Å². The molecule has 0 bridgehead atoms. The molecule has 174 valence electrons. The summed E-state index contributed by atoms with van der Waals surface area (Å²) in [6, 6.07) is 2.01. The second-order valence-electron chi connectivity index (χ2n) is 9.05. The van der Waals surface area contributed by atoms with Gasteiger partial charge in [-0.05, 0) is 70.7 Å². The molecule has 1 aliphatic heterocycles. The maximum Gasteiger partial charge on any atom is 0.407 e. The van der Waals surface area contributed by atoms with E-state index in [1.807, 2.05) is 33.8 Å². The molecule has 1 aliphatic rings. The molecule has 1 N–H and O–H groups in total. The van der Waals surface area contributed by atoms with Crippen LogP contribution >= 0.6 is 0 Å². The molecule has 0 aliphatic carbocycles. The fraction of sp³-hybridized carbons (Fsp3) is 0.636. The Morgan fingerprint density at radius 2 is 1.52 bits per heavy atom. The number of alkyl carbamates (subject to hydrolysis) is 1. The zero-order valence-corrected chi connectivity index (χ0v) is 20.5. The molecule has 1 fully saturated rings. The fourth-order valence-electron chi connectivity index (χ4n) is 3.62. The van der Waals surface area contributed by atoms with Crippen molar-refractivity contribution in [1.82, 2.24) is 14.5 Å². The minimum absolute atomic E-state index is 0.119. The van der Waals surface area contributed by atoms with Gasteiger partial charge in [0.25, 0.3) is 0 Å². The molecule has 0 aromatic heterocycles. The van der Waals surface area contributed by atoms with Crippen LogP contribution in [0.5, 0.6) is 0 Å². The number of hydrogen-bond acceptors (Lipinski definition) is 5. The van der Waals surface area contributed by atoms with E-state index in [9.17, 15) is 18.0 Å². The topological polar surface area (TPSA) is 96.0 Å². The highest BCUT2D eigenvalue weighted by Gasteiger charge is 2.32. The highest BCUT2D eigenvalue weighted by atomic mass is 32.2. The van der Waals surface area contributed by atoms with Gasteiger partial charge in [0.1, 0.15) is 5.60 Å². The van der Waals surface area contributed by atoms with Crippen molar-refractivity contribution in [2.24, 2.45) is 0 Å². The minimum Gasteiger partial charge on any atom is -0.444 e. The Hall–Kier alpha value is -2.13. The van der Waals surface area contributed by atoms with Gasteiger partial charge in [-0.25, -0.2) is 13.2 Å². The molecule has 0 saturated carbocycles. The van der Waals surface area contributed by atoms with Gasteiger partial charge in [0.2, 0.25) is 15.9 Å². The average Bonchev–Trinajstić information content (AvgIpc) is 2.65. The van der Waals surface area contributed by atoms with E-state index in [2.05, 4.69) is 5.32 Å². The average molecular weight is 454 g/mol. The number of rotatable bonds is 5. The van der Waals surface area contributed by atoms with E-state index in [-0.39, 0.29) is 32.0 Å². The highest BCUT2D eigenvalue weighted by Crippen LogP contribution is 2.29. The molecule has 1 aromatic carbocycles. The van der Waals surface area contributed by atoms with Crippen LogP contribution in [-0.4, -0.2) is 67.9 Å². The first-order valence-electron chi connectivity index (χ1n) is 10.6. The largest absolute Gasteiger partial charge is 0.444 e. The Bertz CT molecular complexity index is 917. The molecule has 0 unspecified atom stereocenters. The Morgan fingerprint density at radius 3 is 2.00 bits per heavy atom. The molecular weight excluding hydrogens is 418 g/mol. The molecule has 0 radical (unpaired) electrons. The summed E-state index contributed by atoms with van der Waals surface area (Å²) in [6.45, 7) is 14.2. The summed E-state index contributed by atoms with van der Waals surface area (Å²) in [7, 11) is -3.64. The first-order chi connectivity index (χ1) is 14.2. The van der Waals surface area contributed by atoms with E-state index < -0.39 is 21.7 Å². The van der Waals surface area contributed by atoms with Crippen LogP contribution in [0.3, 0.4) is 0 Å². The first-order valence-corrected chi connectivity index (χ1v) is 12.0. The van der Waals surface area contributed by atoms with Gasteiger partial charge in [0.05, 0.1) is 4.90 Å². The number of carbonyl (C=O) groups is 2. The third-order valence-electron chi connectivity index (χ3n) is 5.49. The molecule has 9 heteroatoms. The molecular formula is C22H35N3O5S. The lowest BCUT2D eigenvalue weighted by molar-refractivity contribution is -0.132. The molecule has 0 spiro atoms. The van der Waals surface area contributed by atoms with Crippen LogP contribution in [0, 0.1) is 27.7 Å². The first kappa shape index (κ1) is 25.1. The number of aryl methyl sites for hydroxylation is 2. The number of benzene rings is 1. The lowest BCUT2D eigenvalue weighted by Crippen LogP contribution is -2.51. The summed E-state index contributed by atoms with van der Waals surface area (Å²) < 4.78 is 33.3. The summed E-state index contributed by atoms with van der Waals surface area (Å²) >= 11 is 0. The molecule has 1 heterocycles. The van der Waals surface area contributed by atoms with E-state index in [4.69, 9.17) is 4.74 Å². The second-order valence-corrected chi connectivity index (χ2v) is 10.9. The molecule has 2 amide bonds. The maximum absolute atomic E-state index is 13.3. The van der Waals surface area contributed by atoms with Crippen LogP contribution in [-0.2, 0) is 19.6 Å². The summed E-state index contributed by atoms with van der Waals surface area (Å²) in [6.07, 6.45) is -0.420. The number of nitrogens with one attached hydrogen (secondary N) is 1. The zero-order chi connectivity index (χ0) is 23.6. The van der Waals surface area contributed by atoms with Gasteiger partial charge in [-0.1, -0.05) is 6.07 Å². The van der Waals surface area contributed by atoms with Crippen molar-refractivity contribution >= 4 is 22.0 Å². The van der Waals surface area contributed by atoms with Crippen molar-refractivity contribution in [3.63, 3.8) is 0 Å². The van der Waals surface area contributed by atoms with Gasteiger partial charge in [-0.15, -0.1) is 0 Å². The van der Waals surface area contributed by atoms with E-state index in [1.54, 1.807) is 25.7 Å². The number of nitrogens with zero attached hydrogens (tertiary/aromatic N) is 2. The fourth-order valence-corrected chi connectivity index (χ4v) is 5.62. The lowest BCUT2D eigenvalue weighted by Gasteiger charge is -2.35. The molecule has 31 heavy (non-hydrogen) atoms. The quantitative estimate of drug-likeness (QED) is 0.739. The Labute approximate surface area is 186 Å². The standard InChI is InChI=1S/C22H35N3O5S/c1-15-14-16(2)18(4)20(17(15)3)31(28,29)25-12-10-24(11-13-25)19(26)8-9-23-21(27)30-22(5,6)7/h14H,8-13H2,1-7H3,(H,23,27). The molecule has 1 saturated heterocycles. The van der Waals surface area contributed by atoms with Crippen molar-refractivity contribution in [3.05, 3.63) is 28.3 Å². The molecule has 8 nitrogen and oxygen atoms in total. The van der Waals surface area contributed by atoms with Crippen LogP contribution in [0.1, 0.15) is 49.4 Å². The van der Waals surface area contributed by atoms with Crippen molar-refractivity contribution in [1.29, 1.82) is 0 Å². The minimum atomic E-state index is -3.64. The SMILES string of the molecule is Cc1cc(C)c(C)c(S(=O)(=O)N2CCN(C(=O)CCNC(=O)OC(C)(C)C)CC2)c1C. The van der Waals surface area contributed by atoms with Gasteiger partial charge in [-0.3, -0.25) is 4.79 Å². The number of ether oxygens (including phenoxy) is 1. The van der Waals surface area contributed by atoms with Crippen LogP contribution in [0.15, 0.2) is 11.0 Å². The van der Waals surface area contributed by atoms with E-state index in [0.29, 0.717) is 18.0 Å². The predicted octanol–water partition coefficient (Wildman–Crippen LogP) is 2.67. The van der Waals surface area contributed by atoms with E-state index in [0.717, 1.165) is 22.3 Å². The number of hydrogen-bond donors (Lipinski definition) is 1. The van der Waals surface area contributed by atoms with Crippen molar-refractivity contribution < 1.29 is 22.7 Å². The number of carbonyl (C=O) groups excluding carboxylic acids is 2. The van der Waals surface area contributed by atoms with Crippen molar-refractivity contribution in [2.45, 2.75) is 65.4 Å². The van der Waals surface area contributed by atoms with Gasteiger partial charge in [0.15, 0.2) is 0 Å². The summed E-state index contributed by atoms with van der Waals surface area (Å²) in [5, 5.41) is 2.57. The Morgan fingerprint density at radius 1 is 1.00 bits per heavy atom. The van der Waals surface area contributed by atoms with Crippen molar-refractivity contribution in [2.75, 3.05) is 32.7 Å². The van der Waals surface area contributed by atoms with Gasteiger partial charge < -0.3 is 15.0 Å². The molecule has 2 rings (SSSR count). The normalized spacial score (nSPS) is 15.6. The van der Waals surface area contributed by atoms with Crippen LogP contribution in [0.4, 0.5) is 4.79 Å². The molecule has 1 aromatic rings. The molecule has 0 atom stereocenters.